The SMILES string of the molecule is O=C(CCCc1nc(-c2ccc(Cl)cc2)no1)NCc1cccs1. The average Bonchev–Trinajstić information content (AvgIpc) is 3.25. The molecule has 0 bridgehead atoms. The number of halogens is 1. The minimum absolute atomic E-state index is 0.0286. The quantitative estimate of drug-likeness (QED) is 0.688. The molecule has 0 saturated carbocycles. The number of rotatable bonds is 7. The van der Waals surface area contributed by atoms with E-state index in [1.807, 2.05) is 29.6 Å². The zero-order valence-electron chi connectivity index (χ0n) is 12.9. The molecule has 7 heteroatoms. The van der Waals surface area contributed by atoms with Crippen LogP contribution in [0.1, 0.15) is 23.6 Å². The van der Waals surface area contributed by atoms with Gasteiger partial charge >= 0.3 is 0 Å². The Morgan fingerprint density at radius 1 is 1.25 bits per heavy atom. The van der Waals surface area contributed by atoms with Gasteiger partial charge in [0.25, 0.3) is 0 Å². The molecule has 0 saturated heterocycles. The topological polar surface area (TPSA) is 68.0 Å². The Hall–Kier alpha value is -2.18. The summed E-state index contributed by atoms with van der Waals surface area (Å²) in [6.07, 6.45) is 1.68. The van der Waals surface area contributed by atoms with Crippen LogP contribution < -0.4 is 5.32 Å². The summed E-state index contributed by atoms with van der Waals surface area (Å²) < 4.78 is 5.23. The number of hydrogen-bond donors (Lipinski definition) is 1. The standard InChI is InChI=1S/C17H16ClN3O2S/c18-13-8-6-12(7-9-13)17-20-16(23-21-17)5-1-4-15(22)19-11-14-3-2-10-24-14/h2-3,6-10H,1,4-5,11H2,(H,19,22). The number of aryl methyl sites for hydroxylation is 1. The van der Waals surface area contributed by atoms with Gasteiger partial charge < -0.3 is 9.84 Å². The number of amides is 1. The monoisotopic (exact) mass is 361 g/mol. The van der Waals surface area contributed by atoms with E-state index in [4.69, 9.17) is 16.1 Å². The van der Waals surface area contributed by atoms with Crippen molar-refractivity contribution in [2.75, 3.05) is 0 Å². The summed E-state index contributed by atoms with van der Waals surface area (Å²) in [6, 6.07) is 11.2. The van der Waals surface area contributed by atoms with Gasteiger partial charge in [0, 0.05) is 28.3 Å². The first-order valence-corrected chi connectivity index (χ1v) is 8.84. The van der Waals surface area contributed by atoms with Crippen molar-refractivity contribution in [3.05, 3.63) is 57.6 Å². The first-order valence-electron chi connectivity index (χ1n) is 7.58. The molecule has 3 rings (SSSR count). The number of hydrogen-bond acceptors (Lipinski definition) is 5. The summed E-state index contributed by atoms with van der Waals surface area (Å²) in [6.45, 7) is 0.581. The van der Waals surface area contributed by atoms with Crippen LogP contribution in [0.2, 0.25) is 5.02 Å². The number of aromatic nitrogens is 2. The van der Waals surface area contributed by atoms with Gasteiger partial charge in [0.1, 0.15) is 0 Å². The van der Waals surface area contributed by atoms with E-state index in [2.05, 4.69) is 15.5 Å². The van der Waals surface area contributed by atoms with Crippen LogP contribution >= 0.6 is 22.9 Å². The van der Waals surface area contributed by atoms with Gasteiger partial charge in [-0.2, -0.15) is 4.98 Å². The van der Waals surface area contributed by atoms with Crippen LogP contribution in [0.15, 0.2) is 46.3 Å². The maximum atomic E-state index is 11.8. The van der Waals surface area contributed by atoms with Crippen molar-refractivity contribution in [3.63, 3.8) is 0 Å². The number of benzene rings is 1. The largest absolute Gasteiger partial charge is 0.351 e. The van der Waals surface area contributed by atoms with Crippen LogP contribution in [0.3, 0.4) is 0 Å². The molecule has 0 unspecified atom stereocenters. The lowest BCUT2D eigenvalue weighted by molar-refractivity contribution is -0.121. The average molecular weight is 362 g/mol. The van der Waals surface area contributed by atoms with Crippen LogP contribution in [0, 0.1) is 0 Å². The van der Waals surface area contributed by atoms with Crippen LogP contribution in [0.25, 0.3) is 11.4 Å². The van der Waals surface area contributed by atoms with E-state index in [1.54, 1.807) is 23.5 Å². The van der Waals surface area contributed by atoms with Gasteiger partial charge in [0.2, 0.25) is 17.6 Å². The fourth-order valence-corrected chi connectivity index (χ4v) is 2.93. The van der Waals surface area contributed by atoms with E-state index in [9.17, 15) is 4.79 Å². The van der Waals surface area contributed by atoms with Crippen molar-refractivity contribution < 1.29 is 9.32 Å². The first-order chi connectivity index (χ1) is 11.7. The normalized spacial score (nSPS) is 10.7. The van der Waals surface area contributed by atoms with Crippen LogP contribution in [-0.4, -0.2) is 16.0 Å². The van der Waals surface area contributed by atoms with Gasteiger partial charge in [-0.3, -0.25) is 4.79 Å². The molecule has 2 aromatic heterocycles. The van der Waals surface area contributed by atoms with Crippen molar-refractivity contribution in [1.29, 1.82) is 0 Å². The van der Waals surface area contributed by atoms with Crippen LogP contribution in [0.5, 0.6) is 0 Å². The Labute approximate surface area is 148 Å². The Kier molecular flexibility index (Phi) is 5.61. The lowest BCUT2D eigenvalue weighted by Crippen LogP contribution is -2.21. The molecular weight excluding hydrogens is 346 g/mol. The number of nitrogens with one attached hydrogen (secondary N) is 1. The van der Waals surface area contributed by atoms with Crippen molar-refractivity contribution in [1.82, 2.24) is 15.5 Å². The third-order valence-corrected chi connectivity index (χ3v) is 4.53. The number of thiophene rings is 1. The van der Waals surface area contributed by atoms with Gasteiger partial charge in [-0.15, -0.1) is 11.3 Å². The molecule has 0 aliphatic carbocycles. The molecule has 0 aliphatic rings. The fourth-order valence-electron chi connectivity index (χ4n) is 2.16. The molecule has 0 spiro atoms. The fraction of sp³-hybridized carbons (Fsp3) is 0.235. The lowest BCUT2D eigenvalue weighted by Gasteiger charge is -2.02. The molecule has 1 aromatic carbocycles. The smallest absolute Gasteiger partial charge is 0.226 e. The second-order valence-electron chi connectivity index (χ2n) is 5.23. The predicted molar refractivity (Wildman–Crippen MR) is 93.8 cm³/mol. The summed E-state index contributed by atoms with van der Waals surface area (Å²) in [7, 11) is 0. The van der Waals surface area contributed by atoms with Crippen LogP contribution in [0.4, 0.5) is 0 Å². The van der Waals surface area contributed by atoms with Gasteiger partial charge in [0.05, 0.1) is 6.54 Å². The predicted octanol–water partition coefficient (Wildman–Crippen LogP) is 4.09. The van der Waals surface area contributed by atoms with E-state index < -0.39 is 0 Å². The minimum Gasteiger partial charge on any atom is -0.351 e. The molecule has 3 aromatic rings. The van der Waals surface area contributed by atoms with Gasteiger partial charge in [-0.05, 0) is 42.1 Å². The van der Waals surface area contributed by atoms with E-state index >= 15 is 0 Å². The highest BCUT2D eigenvalue weighted by Crippen LogP contribution is 2.19. The highest BCUT2D eigenvalue weighted by molar-refractivity contribution is 7.09. The van der Waals surface area contributed by atoms with E-state index in [0.717, 1.165) is 10.4 Å². The summed E-state index contributed by atoms with van der Waals surface area (Å²) >= 11 is 7.49. The Morgan fingerprint density at radius 3 is 2.83 bits per heavy atom. The van der Waals surface area contributed by atoms with Crippen molar-refractivity contribution in [2.24, 2.45) is 0 Å². The summed E-state index contributed by atoms with van der Waals surface area (Å²) in [5, 5.41) is 9.51. The van der Waals surface area contributed by atoms with Crippen molar-refractivity contribution in [3.8, 4) is 11.4 Å². The van der Waals surface area contributed by atoms with Gasteiger partial charge in [0.15, 0.2) is 0 Å². The lowest BCUT2D eigenvalue weighted by atomic mass is 10.2. The summed E-state index contributed by atoms with van der Waals surface area (Å²) in [5.74, 6) is 1.09. The second kappa shape index (κ2) is 8.08. The van der Waals surface area contributed by atoms with Crippen molar-refractivity contribution in [2.45, 2.75) is 25.8 Å². The molecule has 124 valence electrons. The van der Waals surface area contributed by atoms with Gasteiger partial charge in [-0.25, -0.2) is 0 Å². The second-order valence-corrected chi connectivity index (χ2v) is 6.70. The molecule has 0 fully saturated rings. The number of carbonyl (C=O) groups is 1. The Morgan fingerprint density at radius 2 is 2.08 bits per heavy atom. The molecule has 0 radical (unpaired) electrons. The molecule has 24 heavy (non-hydrogen) atoms. The molecule has 0 aliphatic heterocycles. The first kappa shape index (κ1) is 16.7. The third-order valence-electron chi connectivity index (χ3n) is 3.40. The van der Waals surface area contributed by atoms with Gasteiger partial charge in [-0.1, -0.05) is 22.8 Å². The zero-order valence-corrected chi connectivity index (χ0v) is 14.4. The zero-order chi connectivity index (χ0) is 16.8. The summed E-state index contributed by atoms with van der Waals surface area (Å²) in [5.41, 5.74) is 0.850. The minimum atomic E-state index is 0.0286. The Balaban J connectivity index is 1.43. The van der Waals surface area contributed by atoms with E-state index in [-0.39, 0.29) is 5.91 Å². The summed E-state index contributed by atoms with van der Waals surface area (Å²) in [4.78, 5) is 17.3. The maximum Gasteiger partial charge on any atom is 0.226 e. The highest BCUT2D eigenvalue weighted by atomic mass is 35.5. The van der Waals surface area contributed by atoms with E-state index in [1.165, 1.54) is 0 Å². The van der Waals surface area contributed by atoms with E-state index in [0.29, 0.717) is 42.5 Å². The number of nitrogens with zero attached hydrogens (tertiary/aromatic N) is 2. The number of carbonyl (C=O) groups excluding carboxylic acids is 1. The van der Waals surface area contributed by atoms with Crippen molar-refractivity contribution >= 4 is 28.8 Å². The molecule has 1 amide bonds. The highest BCUT2D eigenvalue weighted by Gasteiger charge is 2.09. The maximum absolute atomic E-state index is 11.8. The molecule has 5 nitrogen and oxygen atoms in total. The molecule has 2 heterocycles. The molecule has 1 N–H and O–H groups in total. The molecular formula is C17H16ClN3O2S. The third kappa shape index (κ3) is 4.66. The molecule has 0 atom stereocenters. The Bertz CT molecular complexity index is 785. The van der Waals surface area contributed by atoms with Crippen LogP contribution in [-0.2, 0) is 17.8 Å².